The van der Waals surface area contributed by atoms with Crippen LogP contribution in [0.25, 0.3) is 0 Å². The van der Waals surface area contributed by atoms with E-state index < -0.39 is 0 Å². The fourth-order valence-corrected chi connectivity index (χ4v) is 1.22. The number of aromatic nitrogens is 3. The summed E-state index contributed by atoms with van der Waals surface area (Å²) in [5, 5.41) is 3.16. The van der Waals surface area contributed by atoms with E-state index >= 15 is 0 Å². The van der Waals surface area contributed by atoms with E-state index in [9.17, 15) is 0 Å². The number of imidazole rings is 1. The number of H-pyrrole nitrogens is 1. The average molecular weight is 188 g/mol. The van der Waals surface area contributed by atoms with Gasteiger partial charge in [-0.05, 0) is 26.0 Å². The highest BCUT2D eigenvalue weighted by Gasteiger charge is 2.00. The van der Waals surface area contributed by atoms with Gasteiger partial charge in [-0.25, -0.2) is 4.98 Å². The van der Waals surface area contributed by atoms with Crippen molar-refractivity contribution in [3.63, 3.8) is 0 Å². The standard InChI is InChI=1S/C10H12N4/c1-7-6-12-10(13-7)14-9-4-3-5-11-8(9)2/h3-6H,1-2H3,(H2,12,13,14). The predicted molar refractivity (Wildman–Crippen MR) is 55.6 cm³/mol. The van der Waals surface area contributed by atoms with Crippen LogP contribution in [-0.2, 0) is 0 Å². The molecule has 0 saturated heterocycles. The molecule has 0 amide bonds. The molecule has 2 aromatic heterocycles. The molecule has 2 aromatic rings. The van der Waals surface area contributed by atoms with E-state index in [1.165, 1.54) is 0 Å². The van der Waals surface area contributed by atoms with Crippen LogP contribution in [0.15, 0.2) is 24.5 Å². The van der Waals surface area contributed by atoms with E-state index in [-0.39, 0.29) is 0 Å². The molecule has 0 spiro atoms. The van der Waals surface area contributed by atoms with Gasteiger partial charge in [0.1, 0.15) is 0 Å². The van der Waals surface area contributed by atoms with Gasteiger partial charge in [0, 0.05) is 18.1 Å². The molecular weight excluding hydrogens is 176 g/mol. The van der Waals surface area contributed by atoms with E-state index in [0.29, 0.717) is 0 Å². The summed E-state index contributed by atoms with van der Waals surface area (Å²) < 4.78 is 0. The molecular formula is C10H12N4. The summed E-state index contributed by atoms with van der Waals surface area (Å²) in [6, 6.07) is 3.87. The monoisotopic (exact) mass is 188 g/mol. The van der Waals surface area contributed by atoms with Gasteiger partial charge in [-0.1, -0.05) is 0 Å². The molecule has 0 aromatic carbocycles. The first kappa shape index (κ1) is 8.74. The van der Waals surface area contributed by atoms with Crippen molar-refractivity contribution in [2.24, 2.45) is 0 Å². The van der Waals surface area contributed by atoms with Gasteiger partial charge < -0.3 is 10.3 Å². The van der Waals surface area contributed by atoms with E-state index in [1.807, 2.05) is 26.0 Å². The Morgan fingerprint density at radius 3 is 2.79 bits per heavy atom. The van der Waals surface area contributed by atoms with Gasteiger partial charge in [-0.3, -0.25) is 4.98 Å². The minimum absolute atomic E-state index is 0.749. The fraction of sp³-hybridized carbons (Fsp3) is 0.200. The molecule has 2 heterocycles. The molecule has 0 aliphatic heterocycles. The van der Waals surface area contributed by atoms with E-state index in [2.05, 4.69) is 20.3 Å². The largest absolute Gasteiger partial charge is 0.328 e. The molecule has 2 rings (SSSR count). The van der Waals surface area contributed by atoms with Crippen molar-refractivity contribution < 1.29 is 0 Å². The Kier molecular flexibility index (Phi) is 2.18. The Morgan fingerprint density at radius 1 is 1.29 bits per heavy atom. The van der Waals surface area contributed by atoms with Gasteiger partial charge in [0.15, 0.2) is 0 Å². The maximum absolute atomic E-state index is 4.18. The van der Waals surface area contributed by atoms with Crippen molar-refractivity contribution in [1.29, 1.82) is 0 Å². The highest BCUT2D eigenvalue weighted by atomic mass is 15.1. The number of aromatic amines is 1. The minimum Gasteiger partial charge on any atom is -0.328 e. The highest BCUT2D eigenvalue weighted by molar-refractivity contribution is 5.55. The zero-order valence-corrected chi connectivity index (χ0v) is 8.20. The average Bonchev–Trinajstić information content (AvgIpc) is 2.56. The molecule has 0 atom stereocenters. The Hall–Kier alpha value is -1.84. The van der Waals surface area contributed by atoms with Crippen molar-refractivity contribution in [2.75, 3.05) is 5.32 Å². The van der Waals surface area contributed by atoms with Crippen LogP contribution >= 0.6 is 0 Å². The van der Waals surface area contributed by atoms with Crippen LogP contribution in [0.5, 0.6) is 0 Å². The van der Waals surface area contributed by atoms with E-state index in [0.717, 1.165) is 23.0 Å². The van der Waals surface area contributed by atoms with Crippen LogP contribution < -0.4 is 5.32 Å². The molecule has 14 heavy (non-hydrogen) atoms. The molecule has 0 aliphatic rings. The number of pyridine rings is 1. The lowest BCUT2D eigenvalue weighted by Gasteiger charge is -2.04. The molecule has 2 N–H and O–H groups in total. The number of hydrogen-bond donors (Lipinski definition) is 2. The normalized spacial score (nSPS) is 10.1. The van der Waals surface area contributed by atoms with Crippen molar-refractivity contribution in [3.05, 3.63) is 35.9 Å². The number of aryl methyl sites for hydroxylation is 2. The Labute approximate surface area is 82.4 Å². The predicted octanol–water partition coefficient (Wildman–Crippen LogP) is 2.17. The van der Waals surface area contributed by atoms with Gasteiger partial charge in [0.25, 0.3) is 0 Å². The second-order valence-corrected chi connectivity index (χ2v) is 3.18. The second-order valence-electron chi connectivity index (χ2n) is 3.18. The van der Waals surface area contributed by atoms with E-state index in [1.54, 1.807) is 12.4 Å². The highest BCUT2D eigenvalue weighted by Crippen LogP contribution is 2.15. The van der Waals surface area contributed by atoms with Crippen LogP contribution in [-0.4, -0.2) is 15.0 Å². The summed E-state index contributed by atoms with van der Waals surface area (Å²) in [6.07, 6.45) is 3.56. The zero-order chi connectivity index (χ0) is 9.97. The van der Waals surface area contributed by atoms with Crippen LogP contribution in [0.1, 0.15) is 11.4 Å². The summed E-state index contributed by atoms with van der Waals surface area (Å²) in [7, 11) is 0. The summed E-state index contributed by atoms with van der Waals surface area (Å²) in [5.74, 6) is 0.749. The van der Waals surface area contributed by atoms with Gasteiger partial charge in [-0.15, -0.1) is 0 Å². The van der Waals surface area contributed by atoms with Gasteiger partial charge >= 0.3 is 0 Å². The molecule has 0 radical (unpaired) electrons. The number of rotatable bonds is 2. The summed E-state index contributed by atoms with van der Waals surface area (Å²) in [6.45, 7) is 3.92. The topological polar surface area (TPSA) is 53.6 Å². The van der Waals surface area contributed by atoms with Crippen LogP contribution in [0.2, 0.25) is 0 Å². The van der Waals surface area contributed by atoms with Crippen molar-refractivity contribution in [2.45, 2.75) is 13.8 Å². The SMILES string of the molecule is Cc1cnc(Nc2cccnc2C)[nH]1. The molecule has 72 valence electrons. The molecule has 0 aliphatic carbocycles. The van der Waals surface area contributed by atoms with Gasteiger partial charge in [0.2, 0.25) is 5.95 Å². The van der Waals surface area contributed by atoms with Gasteiger partial charge in [-0.2, -0.15) is 0 Å². The maximum atomic E-state index is 4.18. The molecule has 0 unspecified atom stereocenters. The lowest BCUT2D eigenvalue weighted by molar-refractivity contribution is 1.18. The number of nitrogens with zero attached hydrogens (tertiary/aromatic N) is 2. The molecule has 0 saturated carbocycles. The second kappa shape index (κ2) is 3.49. The minimum atomic E-state index is 0.749. The van der Waals surface area contributed by atoms with Crippen LogP contribution in [0.3, 0.4) is 0 Å². The smallest absolute Gasteiger partial charge is 0.204 e. The first-order valence-corrected chi connectivity index (χ1v) is 4.46. The Morgan fingerprint density at radius 2 is 2.14 bits per heavy atom. The third-order valence-corrected chi connectivity index (χ3v) is 1.96. The quantitative estimate of drug-likeness (QED) is 0.759. The first-order chi connectivity index (χ1) is 6.75. The van der Waals surface area contributed by atoms with Crippen LogP contribution in [0, 0.1) is 13.8 Å². The summed E-state index contributed by atoms with van der Waals surface area (Å²) in [4.78, 5) is 11.4. The third kappa shape index (κ3) is 1.74. The Balaban J connectivity index is 2.23. The molecule has 4 heteroatoms. The van der Waals surface area contributed by atoms with Gasteiger partial charge in [0.05, 0.1) is 11.4 Å². The van der Waals surface area contributed by atoms with Crippen LogP contribution in [0.4, 0.5) is 11.6 Å². The number of hydrogen-bond acceptors (Lipinski definition) is 3. The maximum Gasteiger partial charge on any atom is 0.204 e. The van der Waals surface area contributed by atoms with Crippen molar-refractivity contribution in [1.82, 2.24) is 15.0 Å². The Bertz CT molecular complexity index is 433. The fourth-order valence-electron chi connectivity index (χ4n) is 1.22. The van der Waals surface area contributed by atoms with Crippen molar-refractivity contribution >= 4 is 11.6 Å². The number of nitrogens with one attached hydrogen (secondary N) is 2. The summed E-state index contributed by atoms with van der Waals surface area (Å²) >= 11 is 0. The third-order valence-electron chi connectivity index (χ3n) is 1.96. The molecule has 0 bridgehead atoms. The van der Waals surface area contributed by atoms with E-state index in [4.69, 9.17) is 0 Å². The van der Waals surface area contributed by atoms with Crippen molar-refractivity contribution in [3.8, 4) is 0 Å². The number of anilines is 2. The first-order valence-electron chi connectivity index (χ1n) is 4.46. The lowest BCUT2D eigenvalue weighted by Crippen LogP contribution is -1.96. The molecule has 0 fully saturated rings. The lowest BCUT2D eigenvalue weighted by atomic mass is 10.3. The molecule has 4 nitrogen and oxygen atoms in total. The zero-order valence-electron chi connectivity index (χ0n) is 8.20. The summed E-state index contributed by atoms with van der Waals surface area (Å²) in [5.41, 5.74) is 2.97.